The van der Waals surface area contributed by atoms with Gasteiger partial charge in [0, 0.05) is 28.8 Å². The first-order valence-corrected chi connectivity index (χ1v) is 9.35. The Morgan fingerprint density at radius 3 is 2.13 bits per heavy atom. The molecule has 0 N–H and O–H groups in total. The highest BCUT2D eigenvalue weighted by Gasteiger charge is 2.11. The molecule has 2 rings (SSSR count). The summed E-state index contributed by atoms with van der Waals surface area (Å²) in [5, 5.41) is 10.6. The van der Waals surface area contributed by atoms with E-state index in [-0.39, 0.29) is 22.1 Å². The van der Waals surface area contributed by atoms with E-state index < -0.39 is 14.8 Å². The molecule has 2 aromatic rings. The SMILES string of the molecule is CS(=O)(=O)c1ccc(C(=O)CSc2ccc([N+](=O)[O-])cc2)cc1. The molecule has 0 radical (unpaired) electrons. The molecule has 0 spiro atoms. The molecule has 0 unspecified atom stereocenters. The quantitative estimate of drug-likeness (QED) is 0.344. The Balaban J connectivity index is 2.00. The van der Waals surface area contributed by atoms with Crippen LogP contribution >= 0.6 is 11.8 Å². The standard InChI is InChI=1S/C15H13NO5S2/c1-23(20,21)14-8-2-11(3-9-14)15(17)10-22-13-6-4-12(5-7-13)16(18)19/h2-9H,10H2,1H3. The maximum Gasteiger partial charge on any atom is 0.269 e. The van der Waals surface area contributed by atoms with Crippen LogP contribution < -0.4 is 0 Å². The normalized spacial score (nSPS) is 11.2. The number of non-ortho nitro benzene ring substituents is 1. The fraction of sp³-hybridized carbons (Fsp3) is 0.133. The van der Waals surface area contributed by atoms with Crippen LogP contribution in [-0.4, -0.2) is 31.1 Å². The molecular weight excluding hydrogens is 338 g/mol. The molecule has 0 heterocycles. The van der Waals surface area contributed by atoms with Crippen LogP contribution in [0.15, 0.2) is 58.3 Å². The minimum Gasteiger partial charge on any atom is -0.293 e. The molecule has 0 aliphatic heterocycles. The van der Waals surface area contributed by atoms with E-state index in [1.54, 1.807) is 12.1 Å². The van der Waals surface area contributed by atoms with Crippen molar-refractivity contribution in [2.24, 2.45) is 0 Å². The average Bonchev–Trinajstić information content (AvgIpc) is 2.52. The van der Waals surface area contributed by atoms with Gasteiger partial charge in [0.05, 0.1) is 15.6 Å². The van der Waals surface area contributed by atoms with Crippen LogP contribution in [0.4, 0.5) is 5.69 Å². The van der Waals surface area contributed by atoms with E-state index in [9.17, 15) is 23.3 Å². The first-order chi connectivity index (χ1) is 10.8. The van der Waals surface area contributed by atoms with Crippen molar-refractivity contribution in [3.05, 3.63) is 64.2 Å². The second kappa shape index (κ2) is 6.93. The summed E-state index contributed by atoms with van der Waals surface area (Å²) in [5.41, 5.74) is 0.420. The zero-order valence-corrected chi connectivity index (χ0v) is 13.8. The first kappa shape index (κ1) is 17.2. The van der Waals surface area contributed by atoms with Gasteiger partial charge in [-0.25, -0.2) is 8.42 Å². The molecule has 0 saturated heterocycles. The largest absolute Gasteiger partial charge is 0.293 e. The van der Waals surface area contributed by atoms with Crippen molar-refractivity contribution in [3.63, 3.8) is 0 Å². The van der Waals surface area contributed by atoms with Crippen molar-refractivity contribution in [2.75, 3.05) is 12.0 Å². The van der Waals surface area contributed by atoms with Crippen LogP contribution in [0, 0.1) is 10.1 Å². The lowest BCUT2D eigenvalue weighted by Crippen LogP contribution is -2.03. The molecule has 0 saturated carbocycles. The molecular formula is C15H13NO5S2. The van der Waals surface area contributed by atoms with Gasteiger partial charge < -0.3 is 0 Å². The van der Waals surface area contributed by atoms with Gasteiger partial charge in [0.15, 0.2) is 15.6 Å². The molecule has 0 aromatic heterocycles. The van der Waals surface area contributed by atoms with Gasteiger partial charge in [-0.2, -0.15) is 0 Å². The fourth-order valence-corrected chi connectivity index (χ4v) is 3.21. The van der Waals surface area contributed by atoms with Crippen molar-refractivity contribution < 1.29 is 18.1 Å². The van der Waals surface area contributed by atoms with Crippen LogP contribution in [0.25, 0.3) is 0 Å². The molecule has 0 atom stereocenters. The summed E-state index contributed by atoms with van der Waals surface area (Å²) in [5.74, 6) is 0.0177. The summed E-state index contributed by atoms with van der Waals surface area (Å²) in [6, 6.07) is 11.7. The Kier molecular flexibility index (Phi) is 5.17. The van der Waals surface area contributed by atoms with E-state index in [2.05, 4.69) is 0 Å². The molecule has 0 amide bonds. The van der Waals surface area contributed by atoms with Gasteiger partial charge in [-0.05, 0) is 24.3 Å². The number of carbonyl (C=O) groups is 1. The van der Waals surface area contributed by atoms with Crippen molar-refractivity contribution in [2.45, 2.75) is 9.79 Å². The zero-order chi connectivity index (χ0) is 17.0. The van der Waals surface area contributed by atoms with Crippen LogP contribution in [0.5, 0.6) is 0 Å². The van der Waals surface area contributed by atoms with Crippen LogP contribution in [0.2, 0.25) is 0 Å². The highest BCUT2D eigenvalue weighted by molar-refractivity contribution is 8.00. The number of carbonyl (C=O) groups excluding carboxylic acids is 1. The van der Waals surface area contributed by atoms with Crippen molar-refractivity contribution in [1.82, 2.24) is 0 Å². The maximum absolute atomic E-state index is 12.1. The van der Waals surface area contributed by atoms with Gasteiger partial charge in [-0.1, -0.05) is 12.1 Å². The number of nitrogens with zero attached hydrogens (tertiary/aromatic N) is 1. The second-order valence-electron chi connectivity index (χ2n) is 4.76. The van der Waals surface area contributed by atoms with E-state index in [0.29, 0.717) is 5.56 Å². The third-order valence-corrected chi connectivity index (χ3v) is 5.16. The van der Waals surface area contributed by atoms with Gasteiger partial charge in [-0.15, -0.1) is 11.8 Å². The number of ketones is 1. The topological polar surface area (TPSA) is 94.3 Å². The summed E-state index contributed by atoms with van der Waals surface area (Å²) in [6.45, 7) is 0. The maximum atomic E-state index is 12.1. The van der Waals surface area contributed by atoms with E-state index in [0.717, 1.165) is 11.2 Å². The number of nitro groups is 1. The predicted octanol–water partition coefficient (Wildman–Crippen LogP) is 2.97. The molecule has 0 bridgehead atoms. The van der Waals surface area contributed by atoms with Gasteiger partial charge >= 0.3 is 0 Å². The zero-order valence-electron chi connectivity index (χ0n) is 12.1. The Morgan fingerprint density at radius 2 is 1.65 bits per heavy atom. The summed E-state index contributed by atoms with van der Waals surface area (Å²) < 4.78 is 22.7. The minimum absolute atomic E-state index is 0.00274. The van der Waals surface area contributed by atoms with Crippen molar-refractivity contribution in [3.8, 4) is 0 Å². The number of Topliss-reactive ketones (excluding diaryl/α,β-unsaturated/α-hetero) is 1. The Hall–Kier alpha value is -2.19. The molecule has 23 heavy (non-hydrogen) atoms. The third kappa shape index (κ3) is 4.64. The number of hydrogen-bond acceptors (Lipinski definition) is 6. The Morgan fingerprint density at radius 1 is 1.09 bits per heavy atom. The number of sulfone groups is 1. The van der Waals surface area contributed by atoms with Gasteiger partial charge in [-0.3, -0.25) is 14.9 Å². The monoisotopic (exact) mass is 351 g/mol. The smallest absolute Gasteiger partial charge is 0.269 e. The molecule has 0 fully saturated rings. The summed E-state index contributed by atoms with van der Waals surface area (Å²) in [7, 11) is -3.28. The summed E-state index contributed by atoms with van der Waals surface area (Å²) in [4.78, 5) is 23.1. The minimum atomic E-state index is -3.28. The molecule has 0 aliphatic rings. The van der Waals surface area contributed by atoms with E-state index in [1.807, 2.05) is 0 Å². The molecule has 8 heteroatoms. The predicted molar refractivity (Wildman–Crippen MR) is 87.7 cm³/mol. The molecule has 0 aliphatic carbocycles. The number of thioether (sulfide) groups is 1. The Labute approximate surface area is 137 Å². The van der Waals surface area contributed by atoms with Crippen LogP contribution in [-0.2, 0) is 9.84 Å². The van der Waals surface area contributed by atoms with E-state index in [1.165, 1.54) is 48.2 Å². The van der Waals surface area contributed by atoms with Crippen molar-refractivity contribution >= 4 is 33.1 Å². The number of benzene rings is 2. The molecule has 6 nitrogen and oxygen atoms in total. The highest BCUT2D eigenvalue weighted by Crippen LogP contribution is 2.22. The fourth-order valence-electron chi connectivity index (χ4n) is 1.78. The second-order valence-corrected chi connectivity index (χ2v) is 7.82. The van der Waals surface area contributed by atoms with Crippen LogP contribution in [0.1, 0.15) is 10.4 Å². The number of rotatable bonds is 6. The lowest BCUT2D eigenvalue weighted by atomic mass is 10.1. The molecule has 2 aromatic carbocycles. The van der Waals surface area contributed by atoms with Crippen LogP contribution in [0.3, 0.4) is 0 Å². The molecule has 120 valence electrons. The average molecular weight is 351 g/mol. The summed E-state index contributed by atoms with van der Waals surface area (Å²) >= 11 is 1.26. The van der Waals surface area contributed by atoms with Gasteiger partial charge in [0.2, 0.25) is 0 Å². The van der Waals surface area contributed by atoms with E-state index >= 15 is 0 Å². The Bertz CT molecular complexity index is 827. The lowest BCUT2D eigenvalue weighted by Gasteiger charge is -2.03. The number of hydrogen-bond donors (Lipinski definition) is 0. The third-order valence-electron chi connectivity index (χ3n) is 3.02. The van der Waals surface area contributed by atoms with Gasteiger partial charge in [0.25, 0.3) is 5.69 Å². The lowest BCUT2D eigenvalue weighted by molar-refractivity contribution is -0.384. The van der Waals surface area contributed by atoms with Crippen molar-refractivity contribution in [1.29, 1.82) is 0 Å². The van der Waals surface area contributed by atoms with Gasteiger partial charge in [0.1, 0.15) is 0 Å². The first-order valence-electron chi connectivity index (χ1n) is 6.48. The summed E-state index contributed by atoms with van der Waals surface area (Å²) in [6.07, 6.45) is 1.11. The number of nitro benzene ring substituents is 1. The highest BCUT2D eigenvalue weighted by atomic mass is 32.2. The van der Waals surface area contributed by atoms with E-state index in [4.69, 9.17) is 0 Å².